The maximum absolute atomic E-state index is 11.9. The van der Waals surface area contributed by atoms with Gasteiger partial charge in [-0.05, 0) is 38.5 Å². The fourth-order valence-electron chi connectivity index (χ4n) is 1.93. The molecule has 128 valence electrons. The number of carbonyl (C=O) groups excluding carboxylic acids is 2. The minimum atomic E-state index is -0.873. The third kappa shape index (κ3) is 6.06. The molecule has 0 aliphatic rings. The van der Waals surface area contributed by atoms with E-state index >= 15 is 0 Å². The van der Waals surface area contributed by atoms with Crippen LogP contribution in [0.1, 0.15) is 26.3 Å². The molecule has 0 aliphatic carbocycles. The second-order valence-electron chi connectivity index (χ2n) is 6.00. The monoisotopic (exact) mass is 324 g/mol. The van der Waals surface area contributed by atoms with Crippen LogP contribution in [0.4, 0.5) is 10.5 Å². The molecule has 3 N–H and O–H groups in total. The van der Waals surface area contributed by atoms with Crippen molar-refractivity contribution >= 4 is 17.7 Å². The lowest BCUT2D eigenvalue weighted by Gasteiger charge is -2.22. The Labute approximate surface area is 136 Å². The van der Waals surface area contributed by atoms with Crippen molar-refractivity contribution in [2.75, 3.05) is 20.0 Å². The van der Waals surface area contributed by atoms with Crippen molar-refractivity contribution in [3.63, 3.8) is 0 Å². The molecule has 0 fully saturated rings. The van der Waals surface area contributed by atoms with E-state index in [-0.39, 0.29) is 6.42 Å². The smallest absolute Gasteiger partial charge is 0.408 e. The summed E-state index contributed by atoms with van der Waals surface area (Å²) in [7, 11) is 2.78. The number of alkyl carbamates (subject to hydrolysis) is 1. The summed E-state index contributed by atoms with van der Waals surface area (Å²) in [6.07, 6.45) is -0.463. The number of carbonyl (C=O) groups is 2. The second kappa shape index (κ2) is 7.71. The molecule has 0 saturated heterocycles. The van der Waals surface area contributed by atoms with Crippen LogP contribution in [0.15, 0.2) is 18.2 Å². The second-order valence-corrected chi connectivity index (χ2v) is 6.00. The average Bonchev–Trinajstić information content (AvgIpc) is 2.44. The number of ether oxygens (including phenoxy) is 3. The van der Waals surface area contributed by atoms with Gasteiger partial charge in [-0.15, -0.1) is 0 Å². The number of anilines is 1. The third-order valence-electron chi connectivity index (χ3n) is 2.91. The van der Waals surface area contributed by atoms with E-state index in [1.165, 1.54) is 14.2 Å². The fourth-order valence-corrected chi connectivity index (χ4v) is 1.93. The van der Waals surface area contributed by atoms with Gasteiger partial charge in [-0.3, -0.25) is 0 Å². The van der Waals surface area contributed by atoms with Crippen molar-refractivity contribution in [1.82, 2.24) is 5.32 Å². The molecule has 1 amide bonds. The van der Waals surface area contributed by atoms with Crippen molar-refractivity contribution in [2.24, 2.45) is 0 Å². The summed E-state index contributed by atoms with van der Waals surface area (Å²) in [5.41, 5.74) is 6.40. The van der Waals surface area contributed by atoms with Gasteiger partial charge < -0.3 is 25.3 Å². The summed E-state index contributed by atoms with van der Waals surface area (Å²) < 4.78 is 15.0. The van der Waals surface area contributed by atoms with E-state index in [4.69, 9.17) is 19.9 Å². The summed E-state index contributed by atoms with van der Waals surface area (Å²) in [5.74, 6) is -0.0197. The molecular weight excluding hydrogens is 300 g/mol. The molecular formula is C16H24N2O5. The maximum atomic E-state index is 11.9. The lowest BCUT2D eigenvalue weighted by atomic mass is 10.0. The molecule has 1 rings (SSSR count). The molecule has 0 heterocycles. The number of hydrogen-bond donors (Lipinski definition) is 2. The SMILES string of the molecule is COC(=O)[C@H](Cc1ccc(OC)c(N)c1)NC(=O)OC(C)(C)C. The predicted molar refractivity (Wildman–Crippen MR) is 86.3 cm³/mol. The van der Waals surface area contributed by atoms with Gasteiger partial charge in [0, 0.05) is 6.42 Å². The first-order chi connectivity index (χ1) is 10.7. The van der Waals surface area contributed by atoms with Gasteiger partial charge in [-0.25, -0.2) is 9.59 Å². The highest BCUT2D eigenvalue weighted by atomic mass is 16.6. The molecule has 0 aromatic heterocycles. The van der Waals surface area contributed by atoms with E-state index in [1.54, 1.807) is 39.0 Å². The number of nitrogens with two attached hydrogens (primary N) is 1. The van der Waals surface area contributed by atoms with Crippen molar-refractivity contribution in [3.05, 3.63) is 23.8 Å². The van der Waals surface area contributed by atoms with Crippen LogP contribution in [-0.4, -0.2) is 37.9 Å². The van der Waals surface area contributed by atoms with E-state index < -0.39 is 23.7 Å². The zero-order valence-electron chi connectivity index (χ0n) is 14.1. The molecule has 0 saturated carbocycles. The molecule has 1 aromatic rings. The number of methoxy groups -OCH3 is 2. The molecule has 23 heavy (non-hydrogen) atoms. The maximum Gasteiger partial charge on any atom is 0.408 e. The summed E-state index contributed by atoms with van der Waals surface area (Å²) >= 11 is 0. The zero-order valence-corrected chi connectivity index (χ0v) is 14.1. The first-order valence-corrected chi connectivity index (χ1v) is 7.16. The number of nitrogen functional groups attached to an aromatic ring is 1. The molecule has 7 heteroatoms. The van der Waals surface area contributed by atoms with E-state index in [1.807, 2.05) is 0 Å². The Hall–Kier alpha value is -2.44. The van der Waals surface area contributed by atoms with Crippen molar-refractivity contribution in [2.45, 2.75) is 38.8 Å². The molecule has 0 radical (unpaired) electrons. The minimum absolute atomic E-state index is 0.222. The quantitative estimate of drug-likeness (QED) is 0.634. The first kappa shape index (κ1) is 18.6. The number of amides is 1. The van der Waals surface area contributed by atoms with Gasteiger partial charge in [0.15, 0.2) is 0 Å². The van der Waals surface area contributed by atoms with Crippen molar-refractivity contribution in [3.8, 4) is 5.75 Å². The van der Waals surface area contributed by atoms with Crippen LogP contribution in [0.2, 0.25) is 0 Å². The lowest BCUT2D eigenvalue weighted by Crippen LogP contribution is -2.45. The van der Waals surface area contributed by atoms with Crippen molar-refractivity contribution < 1.29 is 23.8 Å². The van der Waals surface area contributed by atoms with Crippen LogP contribution in [0.3, 0.4) is 0 Å². The highest BCUT2D eigenvalue weighted by Crippen LogP contribution is 2.22. The van der Waals surface area contributed by atoms with Crippen LogP contribution in [0.25, 0.3) is 0 Å². The Morgan fingerprint density at radius 1 is 1.26 bits per heavy atom. The van der Waals surface area contributed by atoms with E-state index in [9.17, 15) is 9.59 Å². The lowest BCUT2D eigenvalue weighted by molar-refractivity contribution is -0.143. The Balaban J connectivity index is 2.85. The number of nitrogens with one attached hydrogen (secondary N) is 1. The number of benzene rings is 1. The number of esters is 1. The molecule has 1 aromatic carbocycles. The normalized spacial score (nSPS) is 12.2. The first-order valence-electron chi connectivity index (χ1n) is 7.16. The Kier molecular flexibility index (Phi) is 6.24. The largest absolute Gasteiger partial charge is 0.495 e. The molecule has 0 spiro atoms. The van der Waals surface area contributed by atoms with Gasteiger partial charge >= 0.3 is 12.1 Å². The highest BCUT2D eigenvalue weighted by Gasteiger charge is 2.25. The Bertz CT molecular complexity index is 566. The van der Waals surface area contributed by atoms with Gasteiger partial charge in [-0.1, -0.05) is 6.07 Å². The Morgan fingerprint density at radius 2 is 1.91 bits per heavy atom. The summed E-state index contributed by atoms with van der Waals surface area (Å²) in [6, 6.07) is 4.28. The molecule has 0 aliphatic heterocycles. The van der Waals surface area contributed by atoms with Gasteiger partial charge in [-0.2, -0.15) is 0 Å². The fraction of sp³-hybridized carbons (Fsp3) is 0.500. The number of hydrogen-bond acceptors (Lipinski definition) is 6. The average molecular weight is 324 g/mol. The predicted octanol–water partition coefficient (Wildman–Crippen LogP) is 1.89. The van der Waals surface area contributed by atoms with Gasteiger partial charge in [0.1, 0.15) is 17.4 Å². The topological polar surface area (TPSA) is 99.9 Å². The molecule has 0 bridgehead atoms. The molecule has 0 unspecified atom stereocenters. The highest BCUT2D eigenvalue weighted by molar-refractivity contribution is 5.81. The summed E-state index contributed by atoms with van der Waals surface area (Å²) in [5, 5.41) is 2.51. The van der Waals surface area contributed by atoms with Crippen LogP contribution >= 0.6 is 0 Å². The van der Waals surface area contributed by atoms with Gasteiger partial charge in [0.25, 0.3) is 0 Å². The molecule has 7 nitrogen and oxygen atoms in total. The van der Waals surface area contributed by atoms with Crippen LogP contribution in [-0.2, 0) is 20.7 Å². The number of rotatable bonds is 5. The Morgan fingerprint density at radius 3 is 2.39 bits per heavy atom. The standard InChI is InChI=1S/C16H24N2O5/c1-16(2,3)23-15(20)18-12(14(19)22-5)9-10-6-7-13(21-4)11(17)8-10/h6-8,12H,9,17H2,1-5H3,(H,18,20)/t12-/m0/s1. The minimum Gasteiger partial charge on any atom is -0.495 e. The van der Waals surface area contributed by atoms with Gasteiger partial charge in [0.05, 0.1) is 19.9 Å². The van der Waals surface area contributed by atoms with Crippen LogP contribution < -0.4 is 15.8 Å². The van der Waals surface area contributed by atoms with Crippen LogP contribution in [0, 0.1) is 0 Å². The van der Waals surface area contributed by atoms with Crippen LogP contribution in [0.5, 0.6) is 5.75 Å². The zero-order chi connectivity index (χ0) is 17.6. The van der Waals surface area contributed by atoms with E-state index in [2.05, 4.69) is 5.32 Å². The molecule has 1 atom stereocenters. The summed E-state index contributed by atoms with van der Waals surface area (Å²) in [4.78, 5) is 23.7. The van der Waals surface area contributed by atoms with E-state index in [0.717, 1.165) is 5.56 Å². The third-order valence-corrected chi connectivity index (χ3v) is 2.91. The van der Waals surface area contributed by atoms with E-state index in [0.29, 0.717) is 11.4 Å². The van der Waals surface area contributed by atoms with Gasteiger partial charge in [0.2, 0.25) is 0 Å². The summed E-state index contributed by atoms with van der Waals surface area (Å²) in [6.45, 7) is 5.22. The van der Waals surface area contributed by atoms with Crippen molar-refractivity contribution in [1.29, 1.82) is 0 Å².